The predicted octanol–water partition coefficient (Wildman–Crippen LogP) is 3.10. The lowest BCUT2D eigenvalue weighted by Gasteiger charge is -2.22. The minimum absolute atomic E-state index is 0.106. The molecule has 0 spiro atoms. The Labute approximate surface area is 143 Å². The monoisotopic (exact) mass is 344 g/mol. The van der Waals surface area contributed by atoms with E-state index in [9.17, 15) is 9.18 Å². The standard InChI is InChI=1S/C17H17FN4OS/c1-12-19-15(11-24-12)10-22(16-5-3-13(18)4-6-16)17(23)9-14-7-8-21(2)20-14/h3-8,11H,9-10H2,1-2H3. The molecule has 0 bridgehead atoms. The highest BCUT2D eigenvalue weighted by molar-refractivity contribution is 7.09. The quantitative estimate of drug-likeness (QED) is 0.715. The molecular formula is C17H17FN4OS. The Kier molecular flexibility index (Phi) is 4.71. The molecule has 0 atom stereocenters. The van der Waals surface area contributed by atoms with Crippen LogP contribution in [0.25, 0.3) is 0 Å². The maximum absolute atomic E-state index is 13.2. The molecule has 0 saturated carbocycles. The van der Waals surface area contributed by atoms with Crippen LogP contribution < -0.4 is 4.90 Å². The van der Waals surface area contributed by atoms with Gasteiger partial charge in [-0.25, -0.2) is 9.37 Å². The minimum atomic E-state index is -0.333. The van der Waals surface area contributed by atoms with Gasteiger partial charge in [-0.15, -0.1) is 11.3 Å². The summed E-state index contributed by atoms with van der Waals surface area (Å²) < 4.78 is 14.9. The molecule has 0 unspecified atom stereocenters. The molecule has 3 rings (SSSR count). The van der Waals surface area contributed by atoms with Crippen LogP contribution in [0.3, 0.4) is 0 Å². The van der Waals surface area contributed by atoms with E-state index in [1.165, 1.54) is 23.5 Å². The Bertz CT molecular complexity index is 840. The molecule has 1 aromatic carbocycles. The Balaban J connectivity index is 1.85. The van der Waals surface area contributed by atoms with Crippen molar-refractivity contribution in [3.05, 3.63) is 64.1 Å². The van der Waals surface area contributed by atoms with E-state index >= 15 is 0 Å². The lowest BCUT2D eigenvalue weighted by molar-refractivity contribution is -0.118. The van der Waals surface area contributed by atoms with Gasteiger partial charge in [0.25, 0.3) is 0 Å². The minimum Gasteiger partial charge on any atom is -0.306 e. The first-order chi connectivity index (χ1) is 11.5. The van der Waals surface area contributed by atoms with Crippen molar-refractivity contribution in [2.24, 2.45) is 7.05 Å². The lowest BCUT2D eigenvalue weighted by atomic mass is 10.2. The van der Waals surface area contributed by atoms with Crippen molar-refractivity contribution in [3.63, 3.8) is 0 Å². The topological polar surface area (TPSA) is 51.0 Å². The molecule has 2 aromatic heterocycles. The number of benzene rings is 1. The van der Waals surface area contributed by atoms with Gasteiger partial charge in [0.15, 0.2) is 0 Å². The number of hydrogen-bond acceptors (Lipinski definition) is 4. The number of anilines is 1. The summed E-state index contributed by atoms with van der Waals surface area (Å²) in [6.45, 7) is 2.27. The molecular weight excluding hydrogens is 327 g/mol. The van der Waals surface area contributed by atoms with Gasteiger partial charge in [-0.2, -0.15) is 5.10 Å². The SMILES string of the molecule is Cc1nc(CN(C(=O)Cc2ccn(C)n2)c2ccc(F)cc2)cs1. The summed E-state index contributed by atoms with van der Waals surface area (Å²) in [5.74, 6) is -0.439. The van der Waals surface area contributed by atoms with E-state index in [0.717, 1.165) is 10.7 Å². The van der Waals surface area contributed by atoms with Crippen molar-refractivity contribution in [2.45, 2.75) is 19.9 Å². The van der Waals surface area contributed by atoms with Crippen molar-refractivity contribution in [1.29, 1.82) is 0 Å². The zero-order chi connectivity index (χ0) is 17.1. The molecule has 24 heavy (non-hydrogen) atoms. The first-order valence-corrected chi connectivity index (χ1v) is 8.34. The van der Waals surface area contributed by atoms with Crippen LogP contribution >= 0.6 is 11.3 Å². The normalized spacial score (nSPS) is 10.8. The number of halogens is 1. The number of hydrogen-bond donors (Lipinski definition) is 0. The van der Waals surface area contributed by atoms with Crippen LogP contribution in [0.5, 0.6) is 0 Å². The third-order valence-electron chi connectivity index (χ3n) is 3.53. The summed E-state index contributed by atoms with van der Waals surface area (Å²) in [6.07, 6.45) is 1.98. The summed E-state index contributed by atoms with van der Waals surface area (Å²) in [4.78, 5) is 18.8. The fourth-order valence-electron chi connectivity index (χ4n) is 2.40. The van der Waals surface area contributed by atoms with Crippen molar-refractivity contribution in [1.82, 2.24) is 14.8 Å². The maximum Gasteiger partial charge on any atom is 0.233 e. The van der Waals surface area contributed by atoms with Gasteiger partial charge in [0, 0.05) is 24.3 Å². The van der Waals surface area contributed by atoms with Crippen LogP contribution in [0.15, 0.2) is 41.9 Å². The zero-order valence-corrected chi connectivity index (χ0v) is 14.3. The summed E-state index contributed by atoms with van der Waals surface area (Å²) in [5, 5.41) is 7.12. The average molecular weight is 344 g/mol. The van der Waals surface area contributed by atoms with Crippen molar-refractivity contribution >= 4 is 22.9 Å². The van der Waals surface area contributed by atoms with Gasteiger partial charge >= 0.3 is 0 Å². The Morgan fingerprint density at radius 3 is 2.58 bits per heavy atom. The Hall–Kier alpha value is -2.54. The van der Waals surface area contributed by atoms with E-state index in [1.54, 1.807) is 27.9 Å². The van der Waals surface area contributed by atoms with Gasteiger partial charge < -0.3 is 4.90 Å². The van der Waals surface area contributed by atoms with Crippen molar-refractivity contribution < 1.29 is 9.18 Å². The highest BCUT2D eigenvalue weighted by atomic mass is 32.1. The molecule has 0 saturated heterocycles. The smallest absolute Gasteiger partial charge is 0.233 e. The molecule has 2 heterocycles. The predicted molar refractivity (Wildman–Crippen MR) is 91.4 cm³/mol. The second-order valence-corrected chi connectivity index (χ2v) is 6.53. The molecule has 3 aromatic rings. The first kappa shape index (κ1) is 16.3. The molecule has 0 radical (unpaired) electrons. The van der Waals surface area contributed by atoms with Gasteiger partial charge in [0.1, 0.15) is 5.82 Å². The third kappa shape index (κ3) is 3.86. The molecule has 0 fully saturated rings. The number of aromatic nitrogens is 3. The largest absolute Gasteiger partial charge is 0.306 e. The number of carbonyl (C=O) groups is 1. The van der Waals surface area contributed by atoms with Gasteiger partial charge in [-0.05, 0) is 37.3 Å². The Morgan fingerprint density at radius 1 is 1.25 bits per heavy atom. The van der Waals surface area contributed by atoms with Crippen LogP contribution in [0, 0.1) is 12.7 Å². The number of nitrogens with zero attached hydrogens (tertiary/aromatic N) is 4. The van der Waals surface area contributed by atoms with E-state index < -0.39 is 0 Å². The number of amides is 1. The average Bonchev–Trinajstić information content (AvgIpc) is 3.14. The van der Waals surface area contributed by atoms with Gasteiger partial charge in [-0.1, -0.05) is 0 Å². The van der Waals surface area contributed by atoms with Crippen LogP contribution in [0.4, 0.5) is 10.1 Å². The molecule has 124 valence electrons. The van der Waals surface area contributed by atoms with Crippen LogP contribution in [-0.4, -0.2) is 20.7 Å². The van der Waals surface area contributed by atoms with Crippen molar-refractivity contribution in [3.8, 4) is 0 Å². The summed E-state index contributed by atoms with van der Waals surface area (Å²) >= 11 is 1.54. The fourth-order valence-corrected chi connectivity index (χ4v) is 3.00. The molecule has 7 heteroatoms. The second-order valence-electron chi connectivity index (χ2n) is 5.47. The van der Waals surface area contributed by atoms with Gasteiger partial charge in [-0.3, -0.25) is 9.48 Å². The fraction of sp³-hybridized carbons (Fsp3) is 0.235. The second kappa shape index (κ2) is 6.92. The van der Waals surface area contributed by atoms with Crippen molar-refractivity contribution in [2.75, 3.05) is 4.90 Å². The zero-order valence-electron chi connectivity index (χ0n) is 13.4. The van der Waals surface area contributed by atoms with Crippen LogP contribution in [0.1, 0.15) is 16.4 Å². The summed E-state index contributed by atoms with van der Waals surface area (Å²) in [6, 6.07) is 7.72. The van der Waals surface area contributed by atoms with Gasteiger partial charge in [0.05, 0.1) is 29.4 Å². The number of aryl methyl sites for hydroxylation is 2. The van der Waals surface area contributed by atoms with E-state index in [-0.39, 0.29) is 18.1 Å². The lowest BCUT2D eigenvalue weighted by Crippen LogP contribution is -2.32. The first-order valence-electron chi connectivity index (χ1n) is 7.47. The molecule has 0 aliphatic carbocycles. The number of carbonyl (C=O) groups excluding carboxylic acids is 1. The summed E-state index contributed by atoms with van der Waals surface area (Å²) in [7, 11) is 1.81. The van der Waals surface area contributed by atoms with E-state index in [1.807, 2.05) is 25.4 Å². The van der Waals surface area contributed by atoms with E-state index in [0.29, 0.717) is 17.9 Å². The van der Waals surface area contributed by atoms with Crippen LogP contribution in [0.2, 0.25) is 0 Å². The maximum atomic E-state index is 13.2. The summed E-state index contributed by atoms with van der Waals surface area (Å²) in [5.41, 5.74) is 2.16. The molecule has 5 nitrogen and oxygen atoms in total. The molecule has 0 aliphatic rings. The highest BCUT2D eigenvalue weighted by Gasteiger charge is 2.19. The van der Waals surface area contributed by atoms with Crippen LogP contribution in [-0.2, 0) is 24.8 Å². The molecule has 0 N–H and O–H groups in total. The third-order valence-corrected chi connectivity index (χ3v) is 4.35. The Morgan fingerprint density at radius 2 is 2.00 bits per heavy atom. The van der Waals surface area contributed by atoms with Gasteiger partial charge in [0.2, 0.25) is 5.91 Å². The number of rotatable bonds is 5. The molecule has 1 amide bonds. The highest BCUT2D eigenvalue weighted by Crippen LogP contribution is 2.20. The molecule has 0 aliphatic heterocycles. The van der Waals surface area contributed by atoms with E-state index in [4.69, 9.17) is 0 Å². The van der Waals surface area contributed by atoms with E-state index in [2.05, 4.69) is 10.1 Å². The number of thiazole rings is 1.